The maximum Gasteiger partial charge on any atom is 0.371 e. The third-order valence-corrected chi connectivity index (χ3v) is 1.29. The molecule has 2 heterocycles. The zero-order chi connectivity index (χ0) is 7.84. The molecule has 11 heavy (non-hydrogen) atoms. The first kappa shape index (κ1) is 5.90. The Balaban J connectivity index is 2.98. The molecule has 6 nitrogen and oxygen atoms in total. The first-order chi connectivity index (χ1) is 5.27. The largest absolute Gasteiger partial charge is 0.425 e. The van der Waals surface area contributed by atoms with Gasteiger partial charge in [0.25, 0.3) is 5.78 Å². The third kappa shape index (κ3) is 0.759. The Morgan fingerprint density at radius 2 is 2.27 bits per heavy atom. The van der Waals surface area contributed by atoms with Crippen molar-refractivity contribution in [1.29, 1.82) is 0 Å². The second-order valence-electron chi connectivity index (χ2n) is 1.99. The lowest BCUT2D eigenvalue weighted by Crippen LogP contribution is -2.12. The van der Waals surface area contributed by atoms with Gasteiger partial charge in [-0.3, -0.25) is 4.40 Å². The van der Waals surface area contributed by atoms with Crippen molar-refractivity contribution in [2.75, 3.05) is 0 Å². The van der Waals surface area contributed by atoms with E-state index in [1.807, 2.05) is 0 Å². The quantitative estimate of drug-likeness (QED) is 0.498. The van der Waals surface area contributed by atoms with Crippen molar-refractivity contribution in [3.8, 4) is 0 Å². The maximum absolute atomic E-state index is 10.6. The number of rotatable bonds is 0. The van der Waals surface area contributed by atoms with Gasteiger partial charge in [0.15, 0.2) is 0 Å². The molecule has 0 saturated heterocycles. The van der Waals surface area contributed by atoms with Gasteiger partial charge in [0.05, 0.1) is 6.20 Å². The molecule has 2 aromatic rings. The Morgan fingerprint density at radius 1 is 1.45 bits per heavy atom. The Labute approximate surface area is 60.3 Å². The van der Waals surface area contributed by atoms with Crippen LogP contribution in [0.2, 0.25) is 0 Å². The summed E-state index contributed by atoms with van der Waals surface area (Å²) in [5, 5.41) is 9.00. The summed E-state index contributed by atoms with van der Waals surface area (Å²) in [5.41, 5.74) is -0.612. The highest BCUT2D eigenvalue weighted by Gasteiger charge is 1.98. The van der Waals surface area contributed by atoms with Gasteiger partial charge in [-0.1, -0.05) is 0 Å². The fourth-order valence-corrected chi connectivity index (χ4v) is 0.812. The van der Waals surface area contributed by atoms with Gasteiger partial charge in [-0.15, -0.1) is 0 Å². The molecule has 0 aliphatic carbocycles. The molecule has 0 unspecified atom stereocenters. The van der Waals surface area contributed by atoms with Gasteiger partial charge in [0, 0.05) is 6.20 Å². The Morgan fingerprint density at radius 3 is 3.09 bits per heavy atom. The van der Waals surface area contributed by atoms with Crippen LogP contribution in [0.25, 0.3) is 5.78 Å². The molecule has 2 rings (SSSR count). The number of aromatic nitrogens is 4. The van der Waals surface area contributed by atoms with E-state index < -0.39 is 5.69 Å². The van der Waals surface area contributed by atoms with Crippen molar-refractivity contribution in [2.24, 2.45) is 0 Å². The van der Waals surface area contributed by atoms with Crippen LogP contribution in [-0.4, -0.2) is 24.3 Å². The summed E-state index contributed by atoms with van der Waals surface area (Å²) in [7, 11) is 0. The lowest BCUT2D eigenvalue weighted by Gasteiger charge is -1.90. The van der Waals surface area contributed by atoms with Gasteiger partial charge in [0.1, 0.15) is 6.33 Å². The summed E-state index contributed by atoms with van der Waals surface area (Å²) in [4.78, 5) is 17.4. The monoisotopic (exact) mass is 152 g/mol. The minimum Gasteiger partial charge on any atom is -0.425 e. The van der Waals surface area contributed by atoms with Gasteiger partial charge in [0.2, 0.25) is 0 Å². The lowest BCUT2D eigenvalue weighted by atomic mass is 10.9. The third-order valence-electron chi connectivity index (χ3n) is 1.29. The van der Waals surface area contributed by atoms with Gasteiger partial charge in [-0.05, 0) is 0 Å². The van der Waals surface area contributed by atoms with E-state index >= 15 is 0 Å². The summed E-state index contributed by atoms with van der Waals surface area (Å²) < 4.78 is 2.18. The average molecular weight is 152 g/mol. The zero-order valence-corrected chi connectivity index (χ0v) is 5.38. The van der Waals surface area contributed by atoms with Crippen molar-refractivity contribution < 1.29 is 5.21 Å². The molecule has 0 bridgehead atoms. The average Bonchev–Trinajstić information content (AvgIpc) is 2.33. The van der Waals surface area contributed by atoms with Gasteiger partial charge in [-0.2, -0.15) is 14.7 Å². The van der Waals surface area contributed by atoms with Gasteiger partial charge in [-0.25, -0.2) is 4.79 Å². The first-order valence-corrected chi connectivity index (χ1v) is 2.89. The highest BCUT2D eigenvalue weighted by molar-refractivity contribution is 5.25. The predicted molar refractivity (Wildman–Crippen MR) is 34.4 cm³/mol. The van der Waals surface area contributed by atoms with E-state index in [4.69, 9.17) is 5.21 Å². The Hall–Kier alpha value is -1.85. The van der Waals surface area contributed by atoms with Crippen LogP contribution in [0.5, 0.6) is 0 Å². The van der Waals surface area contributed by atoms with Crippen molar-refractivity contribution in [3.63, 3.8) is 0 Å². The number of hydrogen-bond acceptors (Lipinski definition) is 4. The van der Waals surface area contributed by atoms with E-state index in [9.17, 15) is 4.79 Å². The lowest BCUT2D eigenvalue weighted by molar-refractivity contribution is 0.196. The molecule has 0 spiro atoms. The van der Waals surface area contributed by atoms with E-state index in [1.54, 1.807) is 0 Å². The second kappa shape index (κ2) is 1.82. The van der Waals surface area contributed by atoms with E-state index in [2.05, 4.69) is 9.97 Å². The number of nitrogens with zero attached hydrogens (tertiary/aromatic N) is 4. The molecule has 0 radical (unpaired) electrons. The predicted octanol–water partition coefficient (Wildman–Crippen LogP) is -0.872. The van der Waals surface area contributed by atoms with E-state index in [0.29, 0.717) is 0 Å². The normalized spacial score (nSPS) is 10.5. The fourth-order valence-electron chi connectivity index (χ4n) is 0.812. The van der Waals surface area contributed by atoms with Gasteiger partial charge < -0.3 is 5.21 Å². The molecule has 0 amide bonds. The molecular formula is C5H4N4O2. The van der Waals surface area contributed by atoms with Crippen LogP contribution in [-0.2, 0) is 0 Å². The highest BCUT2D eigenvalue weighted by Crippen LogP contribution is 1.93. The van der Waals surface area contributed by atoms with Crippen molar-refractivity contribution in [2.45, 2.75) is 0 Å². The molecule has 0 atom stereocenters. The van der Waals surface area contributed by atoms with E-state index in [0.717, 1.165) is 4.73 Å². The van der Waals surface area contributed by atoms with Crippen LogP contribution in [0.4, 0.5) is 0 Å². The molecule has 0 saturated carbocycles. The second-order valence-corrected chi connectivity index (χ2v) is 1.99. The van der Waals surface area contributed by atoms with E-state index in [1.165, 1.54) is 23.1 Å². The SMILES string of the molecule is O=c1ncn2ccn(O)c2n1. The van der Waals surface area contributed by atoms with Crippen molar-refractivity contribution in [1.82, 2.24) is 19.1 Å². The molecule has 6 heteroatoms. The minimum atomic E-state index is -0.612. The summed E-state index contributed by atoms with van der Waals surface area (Å²) in [6.45, 7) is 0. The molecule has 0 aliphatic rings. The van der Waals surface area contributed by atoms with Crippen molar-refractivity contribution >= 4 is 5.78 Å². The van der Waals surface area contributed by atoms with Crippen LogP contribution < -0.4 is 5.69 Å². The molecule has 0 aromatic carbocycles. The van der Waals surface area contributed by atoms with Crippen LogP contribution >= 0.6 is 0 Å². The minimum absolute atomic E-state index is 0.157. The van der Waals surface area contributed by atoms with Gasteiger partial charge >= 0.3 is 5.69 Å². The summed E-state index contributed by atoms with van der Waals surface area (Å²) in [6.07, 6.45) is 4.19. The van der Waals surface area contributed by atoms with Crippen LogP contribution in [0.15, 0.2) is 23.5 Å². The molecule has 2 aromatic heterocycles. The summed E-state index contributed by atoms with van der Waals surface area (Å²) in [5.74, 6) is 0.157. The van der Waals surface area contributed by atoms with Crippen molar-refractivity contribution in [3.05, 3.63) is 29.2 Å². The molecule has 56 valence electrons. The smallest absolute Gasteiger partial charge is 0.371 e. The zero-order valence-electron chi connectivity index (χ0n) is 5.38. The van der Waals surface area contributed by atoms with Crippen LogP contribution in [0.1, 0.15) is 0 Å². The Kier molecular flexibility index (Phi) is 0.974. The molecule has 1 N–H and O–H groups in total. The molecule has 0 aliphatic heterocycles. The number of fused-ring (bicyclic) bond motifs is 1. The molecule has 0 fully saturated rings. The topological polar surface area (TPSA) is 72.4 Å². The number of hydrogen-bond donors (Lipinski definition) is 1. The highest BCUT2D eigenvalue weighted by atomic mass is 16.5. The van der Waals surface area contributed by atoms with E-state index in [-0.39, 0.29) is 5.78 Å². The maximum atomic E-state index is 10.6. The standard InChI is InChI=1S/C5H4N4O2/c10-4-6-3-8-1-2-9(11)5(8)7-4/h1-3,11H. The Bertz CT molecular complexity index is 443. The molecular weight excluding hydrogens is 148 g/mol. The number of imidazole rings is 1. The fraction of sp³-hybridized carbons (Fsp3) is 0. The van der Waals surface area contributed by atoms with Crippen LogP contribution in [0, 0.1) is 0 Å². The summed E-state index contributed by atoms with van der Waals surface area (Å²) >= 11 is 0. The van der Waals surface area contributed by atoms with Crippen LogP contribution in [0.3, 0.4) is 0 Å². The first-order valence-electron chi connectivity index (χ1n) is 2.89. The summed E-state index contributed by atoms with van der Waals surface area (Å²) in [6, 6.07) is 0.